The monoisotopic (exact) mass is 298 g/mol. The number of aromatic hydroxyl groups is 1. The highest BCUT2D eigenvalue weighted by Crippen LogP contribution is 2.14. The number of hydrogen-bond donors (Lipinski definition) is 3. The van der Waals surface area contributed by atoms with Crippen LogP contribution in [-0.4, -0.2) is 16.9 Å². The smallest absolute Gasteiger partial charge is 0.269 e. The standard InChI is InChI=1S/C17H18N2O3/c1-11(2)12-6-8-13(9-7-12)16(21)18-19-17(22)14-4-3-5-15(20)10-14/h3-11,20H,1-2H3,(H,18,21)(H,19,22). The Morgan fingerprint density at radius 3 is 2.05 bits per heavy atom. The molecule has 114 valence electrons. The average Bonchev–Trinajstić information content (AvgIpc) is 2.52. The van der Waals surface area contributed by atoms with Gasteiger partial charge in [0.05, 0.1) is 0 Å². The molecule has 0 aromatic heterocycles. The highest BCUT2D eigenvalue weighted by Gasteiger charge is 2.10. The zero-order valence-corrected chi connectivity index (χ0v) is 12.5. The molecule has 0 fully saturated rings. The number of phenols is 1. The van der Waals surface area contributed by atoms with Crippen LogP contribution in [0.3, 0.4) is 0 Å². The quantitative estimate of drug-likeness (QED) is 0.762. The molecule has 0 aliphatic carbocycles. The third-order valence-corrected chi connectivity index (χ3v) is 3.24. The number of carbonyl (C=O) groups excluding carboxylic acids is 2. The molecule has 2 rings (SSSR count). The van der Waals surface area contributed by atoms with Crippen LogP contribution in [0.25, 0.3) is 0 Å². The van der Waals surface area contributed by atoms with Crippen molar-refractivity contribution in [1.29, 1.82) is 0 Å². The van der Waals surface area contributed by atoms with E-state index < -0.39 is 11.8 Å². The minimum absolute atomic E-state index is 0.0109. The van der Waals surface area contributed by atoms with E-state index in [1.165, 1.54) is 12.1 Å². The number of hydrazine groups is 1. The summed E-state index contributed by atoms with van der Waals surface area (Å²) in [4.78, 5) is 23.8. The highest BCUT2D eigenvalue weighted by molar-refractivity contribution is 5.99. The fourth-order valence-electron chi connectivity index (χ4n) is 1.92. The first-order valence-corrected chi connectivity index (χ1v) is 6.97. The molecule has 5 nitrogen and oxygen atoms in total. The zero-order chi connectivity index (χ0) is 16.1. The van der Waals surface area contributed by atoms with Crippen molar-refractivity contribution in [3.05, 3.63) is 65.2 Å². The molecule has 0 saturated carbocycles. The van der Waals surface area contributed by atoms with Crippen molar-refractivity contribution in [2.75, 3.05) is 0 Å². The predicted molar refractivity (Wildman–Crippen MR) is 83.6 cm³/mol. The van der Waals surface area contributed by atoms with Crippen LogP contribution in [0, 0.1) is 0 Å². The fraction of sp³-hybridized carbons (Fsp3) is 0.176. The van der Waals surface area contributed by atoms with E-state index >= 15 is 0 Å². The first-order chi connectivity index (χ1) is 10.5. The van der Waals surface area contributed by atoms with Crippen molar-refractivity contribution in [3.8, 4) is 5.75 Å². The summed E-state index contributed by atoms with van der Waals surface area (Å²) in [5, 5.41) is 9.32. The molecular weight excluding hydrogens is 280 g/mol. The Hall–Kier alpha value is -2.82. The molecule has 0 aliphatic rings. The Morgan fingerprint density at radius 2 is 1.50 bits per heavy atom. The summed E-state index contributed by atoms with van der Waals surface area (Å²) in [6.45, 7) is 4.15. The van der Waals surface area contributed by atoms with Gasteiger partial charge < -0.3 is 5.11 Å². The second-order valence-electron chi connectivity index (χ2n) is 5.24. The minimum atomic E-state index is -0.497. The van der Waals surface area contributed by atoms with Crippen molar-refractivity contribution < 1.29 is 14.7 Å². The predicted octanol–water partition coefficient (Wildman–Crippen LogP) is 2.59. The van der Waals surface area contributed by atoms with Crippen LogP contribution in [0.2, 0.25) is 0 Å². The van der Waals surface area contributed by atoms with Gasteiger partial charge in [-0.05, 0) is 41.8 Å². The molecule has 2 aromatic carbocycles. The van der Waals surface area contributed by atoms with Crippen LogP contribution in [0.4, 0.5) is 0 Å². The maximum atomic E-state index is 12.0. The number of nitrogens with one attached hydrogen (secondary N) is 2. The van der Waals surface area contributed by atoms with Crippen LogP contribution in [0.1, 0.15) is 46.0 Å². The molecular formula is C17H18N2O3. The second kappa shape index (κ2) is 6.76. The summed E-state index contributed by atoms with van der Waals surface area (Å²) in [6.07, 6.45) is 0. The normalized spacial score (nSPS) is 10.3. The maximum Gasteiger partial charge on any atom is 0.269 e. The van der Waals surface area contributed by atoms with Crippen molar-refractivity contribution in [1.82, 2.24) is 10.9 Å². The van der Waals surface area contributed by atoms with Crippen molar-refractivity contribution in [3.63, 3.8) is 0 Å². The largest absolute Gasteiger partial charge is 0.508 e. The third kappa shape index (κ3) is 3.85. The molecule has 22 heavy (non-hydrogen) atoms. The van der Waals surface area contributed by atoms with E-state index in [-0.39, 0.29) is 11.3 Å². The van der Waals surface area contributed by atoms with Gasteiger partial charge in [0.2, 0.25) is 0 Å². The Bertz CT molecular complexity index is 679. The molecule has 0 spiro atoms. The maximum absolute atomic E-state index is 12.0. The van der Waals surface area contributed by atoms with Crippen LogP contribution in [0.5, 0.6) is 5.75 Å². The van der Waals surface area contributed by atoms with Gasteiger partial charge in [-0.2, -0.15) is 0 Å². The van der Waals surface area contributed by atoms with Crippen LogP contribution in [-0.2, 0) is 0 Å². The van der Waals surface area contributed by atoms with Crippen molar-refractivity contribution in [2.24, 2.45) is 0 Å². The number of amides is 2. The molecule has 5 heteroatoms. The summed E-state index contributed by atoms with van der Waals surface area (Å²) < 4.78 is 0. The highest BCUT2D eigenvalue weighted by atomic mass is 16.3. The van der Waals surface area contributed by atoms with Gasteiger partial charge in [-0.3, -0.25) is 20.4 Å². The zero-order valence-electron chi connectivity index (χ0n) is 12.5. The summed E-state index contributed by atoms with van der Waals surface area (Å²) in [5.41, 5.74) is 6.52. The van der Waals surface area contributed by atoms with E-state index in [4.69, 9.17) is 0 Å². The molecule has 0 aliphatic heterocycles. The molecule has 0 heterocycles. The van der Waals surface area contributed by atoms with Gasteiger partial charge in [0.25, 0.3) is 11.8 Å². The van der Waals surface area contributed by atoms with Gasteiger partial charge in [-0.25, -0.2) is 0 Å². The molecule has 0 radical (unpaired) electrons. The van der Waals surface area contributed by atoms with Gasteiger partial charge in [0, 0.05) is 11.1 Å². The number of phenolic OH excluding ortho intramolecular Hbond substituents is 1. The lowest BCUT2D eigenvalue weighted by atomic mass is 10.0. The number of hydrogen-bond acceptors (Lipinski definition) is 3. The van der Waals surface area contributed by atoms with Gasteiger partial charge in [0.1, 0.15) is 5.75 Å². The van der Waals surface area contributed by atoms with E-state index in [0.29, 0.717) is 11.5 Å². The Balaban J connectivity index is 1.96. The van der Waals surface area contributed by atoms with Gasteiger partial charge in [-0.1, -0.05) is 32.0 Å². The molecule has 0 atom stereocenters. The van der Waals surface area contributed by atoms with E-state index in [2.05, 4.69) is 24.7 Å². The Labute approximate surface area is 129 Å². The van der Waals surface area contributed by atoms with E-state index in [1.54, 1.807) is 24.3 Å². The summed E-state index contributed by atoms with van der Waals surface area (Å²) in [5.74, 6) is -0.516. The number of carbonyl (C=O) groups is 2. The van der Waals surface area contributed by atoms with Gasteiger partial charge in [0.15, 0.2) is 0 Å². The van der Waals surface area contributed by atoms with Crippen LogP contribution in [0.15, 0.2) is 48.5 Å². The average molecular weight is 298 g/mol. The van der Waals surface area contributed by atoms with E-state index in [0.717, 1.165) is 5.56 Å². The second-order valence-corrected chi connectivity index (χ2v) is 5.24. The lowest BCUT2D eigenvalue weighted by Crippen LogP contribution is -2.41. The van der Waals surface area contributed by atoms with Crippen molar-refractivity contribution >= 4 is 11.8 Å². The lowest BCUT2D eigenvalue weighted by Gasteiger charge is -2.09. The molecule has 2 aromatic rings. The lowest BCUT2D eigenvalue weighted by molar-refractivity contribution is 0.0846. The molecule has 3 N–H and O–H groups in total. The first-order valence-electron chi connectivity index (χ1n) is 6.97. The minimum Gasteiger partial charge on any atom is -0.508 e. The van der Waals surface area contributed by atoms with Gasteiger partial charge in [-0.15, -0.1) is 0 Å². The number of benzene rings is 2. The van der Waals surface area contributed by atoms with Gasteiger partial charge >= 0.3 is 0 Å². The summed E-state index contributed by atoms with van der Waals surface area (Å²) >= 11 is 0. The Morgan fingerprint density at radius 1 is 0.909 bits per heavy atom. The van der Waals surface area contributed by atoms with E-state index in [1.807, 2.05) is 12.1 Å². The SMILES string of the molecule is CC(C)c1ccc(C(=O)NNC(=O)c2cccc(O)c2)cc1. The summed E-state index contributed by atoms with van der Waals surface area (Å²) in [6, 6.07) is 13.1. The Kier molecular flexibility index (Phi) is 4.78. The molecule has 0 saturated heterocycles. The third-order valence-electron chi connectivity index (χ3n) is 3.24. The topological polar surface area (TPSA) is 78.4 Å². The molecule has 0 unspecified atom stereocenters. The fourth-order valence-corrected chi connectivity index (χ4v) is 1.92. The van der Waals surface area contributed by atoms with Crippen LogP contribution < -0.4 is 10.9 Å². The van der Waals surface area contributed by atoms with E-state index in [9.17, 15) is 14.7 Å². The van der Waals surface area contributed by atoms with Crippen molar-refractivity contribution in [2.45, 2.75) is 19.8 Å². The molecule has 2 amide bonds. The van der Waals surface area contributed by atoms with Crippen LogP contribution >= 0.6 is 0 Å². The number of rotatable bonds is 3. The first kappa shape index (κ1) is 15.6. The summed E-state index contributed by atoms with van der Waals surface area (Å²) in [7, 11) is 0. The molecule has 0 bridgehead atoms.